The Morgan fingerprint density at radius 1 is 1.43 bits per heavy atom. The van der Waals surface area contributed by atoms with Crippen molar-refractivity contribution in [3.8, 4) is 5.75 Å². The van der Waals surface area contributed by atoms with Crippen LogP contribution in [0, 0.1) is 0 Å². The number of methoxy groups -OCH3 is 1. The summed E-state index contributed by atoms with van der Waals surface area (Å²) in [5.41, 5.74) is 8.09. The van der Waals surface area contributed by atoms with E-state index in [0.717, 1.165) is 17.7 Å². The number of fused-ring (bicyclic) bond motifs is 1. The Morgan fingerprint density at radius 3 is 2.93 bits per heavy atom. The maximum Gasteiger partial charge on any atom is 0.122 e. The SMILES string of the molecule is COc1cccc2c1C[C@H](O)C(N)C2. The first-order valence-corrected chi connectivity index (χ1v) is 4.80. The number of aliphatic hydroxyl groups excluding tert-OH is 1. The standard InChI is InChI=1S/C11H15NO2/c1-14-11-4-2-3-7-5-9(12)10(13)6-8(7)11/h2-4,9-10,13H,5-6,12H2,1H3/t9?,10-/m0/s1. The summed E-state index contributed by atoms with van der Waals surface area (Å²) in [6.45, 7) is 0. The predicted molar refractivity (Wildman–Crippen MR) is 54.4 cm³/mol. The van der Waals surface area contributed by atoms with Gasteiger partial charge in [-0.15, -0.1) is 0 Å². The molecule has 3 heteroatoms. The molecule has 1 aromatic rings. The van der Waals surface area contributed by atoms with Gasteiger partial charge in [-0.1, -0.05) is 12.1 Å². The highest BCUT2D eigenvalue weighted by atomic mass is 16.5. The maximum atomic E-state index is 9.66. The molecule has 1 unspecified atom stereocenters. The quantitative estimate of drug-likeness (QED) is 0.682. The van der Waals surface area contributed by atoms with E-state index in [0.29, 0.717) is 6.42 Å². The zero-order chi connectivity index (χ0) is 10.1. The van der Waals surface area contributed by atoms with E-state index in [1.165, 1.54) is 5.56 Å². The van der Waals surface area contributed by atoms with Gasteiger partial charge >= 0.3 is 0 Å². The molecule has 76 valence electrons. The lowest BCUT2D eigenvalue weighted by Gasteiger charge is -2.27. The zero-order valence-corrected chi connectivity index (χ0v) is 8.23. The molecule has 1 aliphatic rings. The van der Waals surface area contributed by atoms with Crippen LogP contribution in [0.15, 0.2) is 18.2 Å². The predicted octanol–water partition coefficient (Wildman–Crippen LogP) is 0.482. The fourth-order valence-electron chi connectivity index (χ4n) is 1.98. The summed E-state index contributed by atoms with van der Waals surface area (Å²) < 4.78 is 5.24. The average Bonchev–Trinajstić information content (AvgIpc) is 2.19. The van der Waals surface area contributed by atoms with Crippen molar-refractivity contribution in [2.45, 2.75) is 25.0 Å². The molecule has 0 aromatic heterocycles. The summed E-state index contributed by atoms with van der Waals surface area (Å²) in [4.78, 5) is 0. The second-order valence-corrected chi connectivity index (χ2v) is 3.74. The third kappa shape index (κ3) is 1.49. The molecule has 0 saturated carbocycles. The molecule has 2 atom stereocenters. The molecule has 0 saturated heterocycles. The van der Waals surface area contributed by atoms with Gasteiger partial charge in [0.15, 0.2) is 0 Å². The molecule has 0 spiro atoms. The van der Waals surface area contributed by atoms with E-state index in [2.05, 4.69) is 0 Å². The van der Waals surface area contributed by atoms with Crippen molar-refractivity contribution in [3.63, 3.8) is 0 Å². The van der Waals surface area contributed by atoms with E-state index < -0.39 is 6.10 Å². The van der Waals surface area contributed by atoms with Gasteiger partial charge in [0.05, 0.1) is 13.2 Å². The molecule has 0 bridgehead atoms. The zero-order valence-electron chi connectivity index (χ0n) is 8.23. The molecule has 14 heavy (non-hydrogen) atoms. The molecule has 0 fully saturated rings. The number of aliphatic hydroxyl groups is 1. The highest BCUT2D eigenvalue weighted by Gasteiger charge is 2.25. The fraction of sp³-hybridized carbons (Fsp3) is 0.455. The van der Waals surface area contributed by atoms with Crippen molar-refractivity contribution >= 4 is 0 Å². The molecule has 0 aliphatic heterocycles. The third-order valence-corrected chi connectivity index (χ3v) is 2.81. The molecule has 3 nitrogen and oxygen atoms in total. The van der Waals surface area contributed by atoms with E-state index in [4.69, 9.17) is 10.5 Å². The van der Waals surface area contributed by atoms with Gasteiger partial charge in [0.2, 0.25) is 0 Å². The number of hydrogen-bond donors (Lipinski definition) is 2. The molecule has 1 aliphatic carbocycles. The first-order valence-electron chi connectivity index (χ1n) is 4.80. The first kappa shape index (κ1) is 9.49. The Labute approximate surface area is 83.5 Å². The topological polar surface area (TPSA) is 55.5 Å². The monoisotopic (exact) mass is 193 g/mol. The van der Waals surface area contributed by atoms with Crippen LogP contribution in [0.3, 0.4) is 0 Å². The third-order valence-electron chi connectivity index (χ3n) is 2.81. The normalized spacial score (nSPS) is 25.6. The number of ether oxygens (including phenoxy) is 1. The average molecular weight is 193 g/mol. The minimum atomic E-state index is -0.446. The summed E-state index contributed by atoms with van der Waals surface area (Å²) in [6.07, 6.45) is 0.882. The largest absolute Gasteiger partial charge is 0.496 e. The highest BCUT2D eigenvalue weighted by Crippen LogP contribution is 2.28. The molecule has 2 rings (SSSR count). The summed E-state index contributed by atoms with van der Waals surface area (Å²) in [5, 5.41) is 9.66. The van der Waals surface area contributed by atoms with Crippen molar-refractivity contribution < 1.29 is 9.84 Å². The summed E-state index contributed by atoms with van der Waals surface area (Å²) >= 11 is 0. The summed E-state index contributed by atoms with van der Waals surface area (Å²) in [6, 6.07) is 5.78. The lowest BCUT2D eigenvalue weighted by molar-refractivity contribution is 0.136. The van der Waals surface area contributed by atoms with Crippen LogP contribution in [0.4, 0.5) is 0 Å². The summed E-state index contributed by atoms with van der Waals surface area (Å²) in [5.74, 6) is 0.855. The number of benzene rings is 1. The van der Waals surface area contributed by atoms with Crippen LogP contribution in [0.5, 0.6) is 5.75 Å². The van der Waals surface area contributed by atoms with Crippen molar-refractivity contribution in [2.24, 2.45) is 5.73 Å². The minimum Gasteiger partial charge on any atom is -0.496 e. The Balaban J connectivity index is 2.41. The summed E-state index contributed by atoms with van der Waals surface area (Å²) in [7, 11) is 1.65. The van der Waals surface area contributed by atoms with Gasteiger partial charge in [-0.05, 0) is 23.6 Å². The second kappa shape index (κ2) is 3.59. The van der Waals surface area contributed by atoms with Crippen LogP contribution in [0.25, 0.3) is 0 Å². The van der Waals surface area contributed by atoms with E-state index in [9.17, 15) is 5.11 Å². The van der Waals surface area contributed by atoms with Gasteiger partial charge in [0.1, 0.15) is 5.75 Å². The van der Waals surface area contributed by atoms with Crippen LogP contribution in [-0.4, -0.2) is 24.4 Å². The second-order valence-electron chi connectivity index (χ2n) is 3.74. The molecular weight excluding hydrogens is 178 g/mol. The van der Waals surface area contributed by atoms with Crippen molar-refractivity contribution in [1.29, 1.82) is 0 Å². The van der Waals surface area contributed by atoms with Gasteiger partial charge in [0.25, 0.3) is 0 Å². The van der Waals surface area contributed by atoms with E-state index >= 15 is 0 Å². The van der Waals surface area contributed by atoms with Crippen molar-refractivity contribution in [3.05, 3.63) is 29.3 Å². The Bertz CT molecular complexity index is 338. The minimum absolute atomic E-state index is 0.144. The van der Waals surface area contributed by atoms with Crippen LogP contribution in [-0.2, 0) is 12.8 Å². The molecule has 3 N–H and O–H groups in total. The number of rotatable bonds is 1. The van der Waals surface area contributed by atoms with Crippen molar-refractivity contribution in [1.82, 2.24) is 0 Å². The van der Waals surface area contributed by atoms with Gasteiger partial charge in [-0.3, -0.25) is 0 Å². The first-order chi connectivity index (χ1) is 6.72. The van der Waals surface area contributed by atoms with Gasteiger partial charge < -0.3 is 15.6 Å². The molecule has 1 aromatic carbocycles. The van der Waals surface area contributed by atoms with Crippen molar-refractivity contribution in [2.75, 3.05) is 7.11 Å². The smallest absolute Gasteiger partial charge is 0.122 e. The Kier molecular flexibility index (Phi) is 2.44. The van der Waals surface area contributed by atoms with Gasteiger partial charge in [-0.25, -0.2) is 0 Å². The Hall–Kier alpha value is -1.06. The lowest BCUT2D eigenvalue weighted by Crippen LogP contribution is -2.41. The van der Waals surface area contributed by atoms with Crippen LogP contribution >= 0.6 is 0 Å². The molecule has 0 radical (unpaired) electrons. The van der Waals surface area contributed by atoms with E-state index in [1.54, 1.807) is 7.11 Å². The molecule has 0 heterocycles. The highest BCUT2D eigenvalue weighted by molar-refractivity contribution is 5.43. The lowest BCUT2D eigenvalue weighted by atomic mass is 9.86. The molecular formula is C11H15NO2. The van der Waals surface area contributed by atoms with Gasteiger partial charge in [-0.2, -0.15) is 0 Å². The maximum absolute atomic E-state index is 9.66. The molecule has 0 amide bonds. The van der Waals surface area contributed by atoms with E-state index in [1.807, 2.05) is 18.2 Å². The fourth-order valence-corrected chi connectivity index (χ4v) is 1.98. The number of nitrogens with two attached hydrogens (primary N) is 1. The Morgan fingerprint density at radius 2 is 2.21 bits per heavy atom. The van der Waals surface area contributed by atoms with Crippen LogP contribution in [0.2, 0.25) is 0 Å². The van der Waals surface area contributed by atoms with Crippen LogP contribution < -0.4 is 10.5 Å². The number of hydrogen-bond acceptors (Lipinski definition) is 3. The van der Waals surface area contributed by atoms with Crippen LogP contribution in [0.1, 0.15) is 11.1 Å². The van der Waals surface area contributed by atoms with E-state index in [-0.39, 0.29) is 6.04 Å². The van der Waals surface area contributed by atoms with Gasteiger partial charge in [0, 0.05) is 12.5 Å².